The molecule has 1 fully saturated rings. The second-order valence-corrected chi connectivity index (χ2v) is 8.73. The lowest BCUT2D eigenvalue weighted by molar-refractivity contribution is 0.135. The fraction of sp³-hybridized carbons (Fsp3) is 0.739. The van der Waals surface area contributed by atoms with E-state index >= 15 is 0 Å². The summed E-state index contributed by atoms with van der Waals surface area (Å²) in [6.45, 7) is 5.30. The number of nitrogens with two attached hydrogens (primary N) is 1. The Kier molecular flexibility index (Phi) is 8.91. The summed E-state index contributed by atoms with van der Waals surface area (Å²) in [5, 5.41) is 9.80. The quantitative estimate of drug-likeness (QED) is 0.489. The van der Waals surface area contributed by atoms with E-state index in [9.17, 15) is 5.11 Å². The predicted molar refractivity (Wildman–Crippen MR) is 111 cm³/mol. The number of unbranched alkanes of at least 4 members (excludes halogenated alkanes) is 1. The highest BCUT2D eigenvalue weighted by Crippen LogP contribution is 2.35. The Morgan fingerprint density at radius 2 is 2.04 bits per heavy atom. The molecule has 1 saturated carbocycles. The van der Waals surface area contributed by atoms with Crippen LogP contribution in [-0.2, 0) is 6.42 Å². The van der Waals surface area contributed by atoms with E-state index in [4.69, 9.17) is 15.2 Å². The van der Waals surface area contributed by atoms with Crippen LogP contribution in [0.25, 0.3) is 0 Å². The van der Waals surface area contributed by atoms with Crippen molar-refractivity contribution in [1.82, 2.24) is 0 Å². The van der Waals surface area contributed by atoms with Crippen molar-refractivity contribution in [3.63, 3.8) is 0 Å². The summed E-state index contributed by atoms with van der Waals surface area (Å²) in [5.41, 5.74) is 7.12. The molecule has 4 nitrogen and oxygen atoms in total. The second kappa shape index (κ2) is 10.9. The predicted octanol–water partition coefficient (Wildman–Crippen LogP) is 4.71. The molecule has 0 unspecified atom stereocenters. The lowest BCUT2D eigenvalue weighted by atomic mass is 9.75. The van der Waals surface area contributed by atoms with Crippen molar-refractivity contribution >= 4 is 0 Å². The topological polar surface area (TPSA) is 64.7 Å². The molecule has 0 radical (unpaired) electrons. The van der Waals surface area contributed by atoms with Crippen molar-refractivity contribution in [3.05, 3.63) is 23.8 Å². The van der Waals surface area contributed by atoms with Crippen LogP contribution in [-0.4, -0.2) is 31.0 Å². The third-order valence-electron chi connectivity index (χ3n) is 5.83. The van der Waals surface area contributed by atoms with E-state index in [1.807, 2.05) is 12.1 Å². The summed E-state index contributed by atoms with van der Waals surface area (Å²) in [5.74, 6) is 3.15. The molecule has 0 aliphatic heterocycles. The maximum absolute atomic E-state index is 9.80. The standard InChI is InChI=1S/C23H39NO3/c1-18(2)7-4-5-14-27-21-11-10-20(22(15-21)26-3)12-13-23(24,17-25)16-19-8-6-9-19/h10-11,15,18-19,25H,4-9,12-14,16-17,24H2,1-3H3/t23-/m0/s1. The van der Waals surface area contributed by atoms with Gasteiger partial charge in [-0.3, -0.25) is 0 Å². The molecule has 27 heavy (non-hydrogen) atoms. The molecule has 1 aromatic carbocycles. The number of benzene rings is 1. The molecule has 0 bridgehead atoms. The molecular weight excluding hydrogens is 338 g/mol. The maximum Gasteiger partial charge on any atom is 0.125 e. The Morgan fingerprint density at radius 1 is 1.26 bits per heavy atom. The molecule has 154 valence electrons. The minimum Gasteiger partial charge on any atom is -0.496 e. The number of hydrogen-bond acceptors (Lipinski definition) is 4. The largest absolute Gasteiger partial charge is 0.496 e. The van der Waals surface area contributed by atoms with E-state index < -0.39 is 5.54 Å². The van der Waals surface area contributed by atoms with Gasteiger partial charge < -0.3 is 20.3 Å². The molecular formula is C23H39NO3. The maximum atomic E-state index is 9.80. The number of rotatable bonds is 13. The van der Waals surface area contributed by atoms with Crippen LogP contribution in [0, 0.1) is 11.8 Å². The summed E-state index contributed by atoms with van der Waals surface area (Å²) >= 11 is 0. The number of aliphatic hydroxyl groups is 1. The fourth-order valence-electron chi connectivity index (χ4n) is 3.77. The third kappa shape index (κ3) is 7.34. The first-order valence-corrected chi connectivity index (χ1v) is 10.7. The normalized spacial score (nSPS) is 16.8. The van der Waals surface area contributed by atoms with E-state index in [2.05, 4.69) is 19.9 Å². The first-order valence-electron chi connectivity index (χ1n) is 10.7. The first-order chi connectivity index (χ1) is 13.0. The molecule has 0 spiro atoms. The van der Waals surface area contributed by atoms with E-state index in [1.165, 1.54) is 32.1 Å². The Morgan fingerprint density at radius 3 is 2.63 bits per heavy atom. The van der Waals surface area contributed by atoms with Gasteiger partial charge in [-0.1, -0.05) is 45.6 Å². The Balaban J connectivity index is 1.85. The number of aryl methyl sites for hydroxylation is 1. The van der Waals surface area contributed by atoms with E-state index in [0.29, 0.717) is 5.92 Å². The average Bonchev–Trinajstić information content (AvgIpc) is 2.63. The zero-order chi connectivity index (χ0) is 19.7. The Bertz CT molecular complexity index is 557. The number of hydrogen-bond donors (Lipinski definition) is 2. The Labute approximate surface area is 165 Å². The highest BCUT2D eigenvalue weighted by atomic mass is 16.5. The molecule has 4 heteroatoms. The molecule has 3 N–H and O–H groups in total. The summed E-state index contributed by atoms with van der Waals surface area (Å²) < 4.78 is 11.5. The zero-order valence-corrected chi connectivity index (χ0v) is 17.5. The van der Waals surface area contributed by atoms with Crippen molar-refractivity contribution in [2.45, 2.75) is 77.2 Å². The van der Waals surface area contributed by atoms with Gasteiger partial charge in [0.2, 0.25) is 0 Å². The van der Waals surface area contributed by atoms with E-state index in [1.54, 1.807) is 7.11 Å². The Hall–Kier alpha value is -1.26. The van der Waals surface area contributed by atoms with E-state index in [0.717, 1.165) is 55.3 Å². The lowest BCUT2D eigenvalue weighted by Crippen LogP contribution is -2.46. The smallest absolute Gasteiger partial charge is 0.125 e. The summed E-state index contributed by atoms with van der Waals surface area (Å²) in [7, 11) is 1.70. The monoisotopic (exact) mass is 377 g/mol. The molecule has 0 saturated heterocycles. The molecule has 1 aliphatic rings. The van der Waals surface area contributed by atoms with Crippen LogP contribution >= 0.6 is 0 Å². The fourth-order valence-corrected chi connectivity index (χ4v) is 3.77. The van der Waals surface area contributed by atoms with Crippen LogP contribution in [0.2, 0.25) is 0 Å². The zero-order valence-electron chi connectivity index (χ0n) is 17.5. The van der Waals surface area contributed by atoms with Gasteiger partial charge in [0.05, 0.1) is 20.3 Å². The first kappa shape index (κ1) is 22.0. The SMILES string of the molecule is COc1cc(OCCCCC(C)C)ccc1CC[C@@](N)(CO)CC1CCC1. The van der Waals surface area contributed by atoms with Crippen molar-refractivity contribution < 1.29 is 14.6 Å². The number of aliphatic hydroxyl groups excluding tert-OH is 1. The van der Waals surface area contributed by atoms with Crippen LogP contribution in [0.15, 0.2) is 18.2 Å². The van der Waals surface area contributed by atoms with Gasteiger partial charge in [-0.05, 0) is 55.6 Å². The van der Waals surface area contributed by atoms with Gasteiger partial charge >= 0.3 is 0 Å². The van der Waals surface area contributed by atoms with Gasteiger partial charge in [-0.2, -0.15) is 0 Å². The lowest BCUT2D eigenvalue weighted by Gasteiger charge is -2.36. The highest BCUT2D eigenvalue weighted by molar-refractivity contribution is 5.41. The van der Waals surface area contributed by atoms with Gasteiger partial charge in [0.15, 0.2) is 0 Å². The van der Waals surface area contributed by atoms with Crippen molar-refractivity contribution in [1.29, 1.82) is 0 Å². The van der Waals surface area contributed by atoms with Crippen LogP contribution in [0.3, 0.4) is 0 Å². The van der Waals surface area contributed by atoms with Gasteiger partial charge in [-0.15, -0.1) is 0 Å². The molecule has 1 aliphatic carbocycles. The molecule has 1 atom stereocenters. The van der Waals surface area contributed by atoms with Crippen LogP contribution in [0.5, 0.6) is 11.5 Å². The van der Waals surface area contributed by atoms with E-state index in [-0.39, 0.29) is 6.61 Å². The van der Waals surface area contributed by atoms with Gasteiger partial charge in [0.1, 0.15) is 11.5 Å². The second-order valence-electron chi connectivity index (χ2n) is 8.73. The highest BCUT2D eigenvalue weighted by Gasteiger charge is 2.31. The van der Waals surface area contributed by atoms with Gasteiger partial charge in [0, 0.05) is 11.6 Å². The van der Waals surface area contributed by atoms with Crippen molar-refractivity contribution in [3.8, 4) is 11.5 Å². The van der Waals surface area contributed by atoms with Crippen LogP contribution < -0.4 is 15.2 Å². The summed E-state index contributed by atoms with van der Waals surface area (Å²) in [6, 6.07) is 6.06. The molecule has 1 aromatic rings. The molecule has 2 rings (SSSR count). The minimum absolute atomic E-state index is 0.0450. The summed E-state index contributed by atoms with van der Waals surface area (Å²) in [4.78, 5) is 0. The van der Waals surface area contributed by atoms with Gasteiger partial charge in [-0.25, -0.2) is 0 Å². The molecule has 0 heterocycles. The van der Waals surface area contributed by atoms with Crippen molar-refractivity contribution in [2.75, 3.05) is 20.3 Å². The van der Waals surface area contributed by atoms with Gasteiger partial charge in [0.25, 0.3) is 0 Å². The average molecular weight is 378 g/mol. The van der Waals surface area contributed by atoms with Crippen molar-refractivity contribution in [2.24, 2.45) is 17.6 Å². The summed E-state index contributed by atoms with van der Waals surface area (Å²) in [6.07, 6.45) is 9.84. The van der Waals surface area contributed by atoms with Crippen LogP contribution in [0.1, 0.15) is 70.8 Å². The van der Waals surface area contributed by atoms with Crippen LogP contribution in [0.4, 0.5) is 0 Å². The molecule has 0 amide bonds. The number of ether oxygens (including phenoxy) is 2. The minimum atomic E-state index is -0.484. The third-order valence-corrected chi connectivity index (χ3v) is 5.83. The molecule has 0 aromatic heterocycles. The number of methoxy groups -OCH3 is 1.